The molecule has 3 heteroatoms. The zero-order valence-electron chi connectivity index (χ0n) is 27.1. The molecule has 234 valence electrons. The van der Waals surface area contributed by atoms with Crippen molar-refractivity contribution in [2.24, 2.45) is 0 Å². The number of nitrogens with one attached hydrogen (secondary N) is 1. The average Bonchev–Trinajstić information content (AvgIpc) is 2.94. The van der Waals surface area contributed by atoms with Gasteiger partial charge in [0.2, 0.25) is 5.91 Å². The van der Waals surface area contributed by atoms with E-state index in [9.17, 15) is 9.90 Å². The Kier molecular flexibility index (Phi) is 33.1. The molecule has 0 bridgehead atoms. The van der Waals surface area contributed by atoms with E-state index in [2.05, 4.69) is 19.2 Å². The minimum atomic E-state index is -0.816. The van der Waals surface area contributed by atoms with Gasteiger partial charge in [-0.1, -0.05) is 200 Å². The second-order valence-corrected chi connectivity index (χ2v) is 12.5. The first-order chi connectivity index (χ1) is 19.2. The molecule has 1 unspecified atom stereocenters. The fraction of sp³-hybridized carbons (Fsp3) is 0.972. The molecule has 0 rings (SSSR count). The number of carbonyl (C=O) groups excluding carboxylic acids is 1. The zero-order chi connectivity index (χ0) is 28.5. The minimum Gasteiger partial charge on any atom is -0.383 e. The molecule has 0 aromatic rings. The molecule has 0 aliphatic carbocycles. The Bertz CT molecular complexity index is 467. The largest absolute Gasteiger partial charge is 0.383 e. The highest BCUT2D eigenvalue weighted by atomic mass is 16.3. The predicted octanol–water partition coefficient (Wildman–Crippen LogP) is 11.6. The topological polar surface area (TPSA) is 49.3 Å². The van der Waals surface area contributed by atoms with Crippen molar-refractivity contribution >= 4 is 5.91 Å². The average molecular weight is 552 g/mol. The van der Waals surface area contributed by atoms with Gasteiger partial charge in [-0.05, 0) is 12.8 Å². The SMILES string of the molecule is CCCCCCCCCCCCCCCCCCNC(=O)C(O)CCCCCCCCCCCCCCCC. The van der Waals surface area contributed by atoms with Crippen molar-refractivity contribution in [2.75, 3.05) is 6.54 Å². The Hall–Kier alpha value is -0.570. The Balaban J connectivity index is 3.27. The molecule has 1 amide bonds. The molecule has 0 aliphatic heterocycles. The Labute approximate surface area is 246 Å². The van der Waals surface area contributed by atoms with E-state index in [1.54, 1.807) is 0 Å². The molecule has 1 atom stereocenters. The third-order valence-electron chi connectivity index (χ3n) is 8.46. The van der Waals surface area contributed by atoms with E-state index in [1.165, 1.54) is 173 Å². The van der Waals surface area contributed by atoms with Gasteiger partial charge in [-0.3, -0.25) is 4.79 Å². The number of aliphatic hydroxyl groups excluding tert-OH is 1. The lowest BCUT2D eigenvalue weighted by molar-refractivity contribution is -0.129. The van der Waals surface area contributed by atoms with E-state index in [4.69, 9.17) is 0 Å². The normalized spacial score (nSPS) is 12.2. The molecule has 3 nitrogen and oxygen atoms in total. The lowest BCUT2D eigenvalue weighted by atomic mass is 10.0. The maximum atomic E-state index is 12.1. The maximum Gasteiger partial charge on any atom is 0.248 e. The monoisotopic (exact) mass is 552 g/mol. The second-order valence-electron chi connectivity index (χ2n) is 12.5. The number of carbonyl (C=O) groups is 1. The highest BCUT2D eigenvalue weighted by Crippen LogP contribution is 2.15. The molecule has 0 aliphatic rings. The van der Waals surface area contributed by atoms with Crippen molar-refractivity contribution in [2.45, 2.75) is 219 Å². The van der Waals surface area contributed by atoms with Crippen LogP contribution in [0.1, 0.15) is 213 Å². The Morgan fingerprint density at radius 3 is 1.00 bits per heavy atom. The minimum absolute atomic E-state index is 0.161. The molecule has 2 N–H and O–H groups in total. The van der Waals surface area contributed by atoms with Crippen LogP contribution in [0.4, 0.5) is 0 Å². The summed E-state index contributed by atoms with van der Waals surface area (Å²) in [7, 11) is 0. The number of aliphatic hydroxyl groups is 1. The lowest BCUT2D eigenvalue weighted by Crippen LogP contribution is -2.35. The second kappa shape index (κ2) is 33.6. The third-order valence-corrected chi connectivity index (χ3v) is 8.46. The maximum absolute atomic E-state index is 12.1. The highest BCUT2D eigenvalue weighted by Gasteiger charge is 2.13. The van der Waals surface area contributed by atoms with Crippen LogP contribution in [0, 0.1) is 0 Å². The summed E-state index contributed by atoms with van der Waals surface area (Å²) in [5.74, 6) is -0.161. The van der Waals surface area contributed by atoms with E-state index in [-0.39, 0.29) is 5.91 Å². The van der Waals surface area contributed by atoms with E-state index in [1.807, 2.05) is 0 Å². The van der Waals surface area contributed by atoms with Gasteiger partial charge in [0.1, 0.15) is 6.10 Å². The fourth-order valence-corrected chi connectivity index (χ4v) is 5.67. The number of rotatable bonds is 33. The predicted molar refractivity (Wildman–Crippen MR) is 173 cm³/mol. The Morgan fingerprint density at radius 1 is 0.436 bits per heavy atom. The molecule has 0 radical (unpaired) electrons. The summed E-state index contributed by atoms with van der Waals surface area (Å²) in [6.45, 7) is 5.28. The molecule has 0 fully saturated rings. The fourth-order valence-electron chi connectivity index (χ4n) is 5.67. The lowest BCUT2D eigenvalue weighted by Gasteiger charge is -2.11. The number of hydrogen-bond acceptors (Lipinski definition) is 2. The quantitative estimate of drug-likeness (QED) is 0.0797. The number of unbranched alkanes of at least 4 members (excludes halogenated alkanes) is 28. The van der Waals surface area contributed by atoms with Crippen LogP contribution in [-0.4, -0.2) is 23.7 Å². The molecule has 0 saturated carbocycles. The van der Waals surface area contributed by atoms with E-state index in [0.29, 0.717) is 13.0 Å². The van der Waals surface area contributed by atoms with E-state index >= 15 is 0 Å². The molecular formula is C36H73NO2. The molecule has 0 aromatic heterocycles. The summed E-state index contributed by atoms with van der Waals surface area (Å²) in [4.78, 5) is 12.1. The molecule has 0 heterocycles. The molecular weight excluding hydrogens is 478 g/mol. The first-order valence-electron chi connectivity index (χ1n) is 18.2. The molecule has 0 aromatic carbocycles. The van der Waals surface area contributed by atoms with Crippen molar-refractivity contribution in [3.05, 3.63) is 0 Å². The van der Waals surface area contributed by atoms with Gasteiger partial charge in [0.15, 0.2) is 0 Å². The van der Waals surface area contributed by atoms with Crippen LogP contribution in [0.25, 0.3) is 0 Å². The van der Waals surface area contributed by atoms with Crippen LogP contribution in [0.2, 0.25) is 0 Å². The molecule has 0 spiro atoms. The number of amides is 1. The van der Waals surface area contributed by atoms with Gasteiger partial charge in [-0.25, -0.2) is 0 Å². The standard InChI is InChI=1S/C36H73NO2/c1-3-5-7-9-11-13-15-17-19-20-22-24-26-28-30-32-34-37-36(39)35(38)33-31-29-27-25-23-21-18-16-14-12-10-8-6-4-2/h35,38H,3-34H2,1-2H3,(H,37,39). The van der Waals surface area contributed by atoms with Crippen LogP contribution in [-0.2, 0) is 4.79 Å². The third kappa shape index (κ3) is 31.8. The van der Waals surface area contributed by atoms with Gasteiger partial charge < -0.3 is 10.4 Å². The molecule has 0 saturated heterocycles. The van der Waals surface area contributed by atoms with Gasteiger partial charge in [0.05, 0.1) is 0 Å². The summed E-state index contributed by atoms with van der Waals surface area (Å²) in [5, 5.41) is 13.1. The van der Waals surface area contributed by atoms with Gasteiger partial charge >= 0.3 is 0 Å². The first kappa shape index (κ1) is 38.4. The molecule has 39 heavy (non-hydrogen) atoms. The van der Waals surface area contributed by atoms with Crippen LogP contribution in [0.5, 0.6) is 0 Å². The summed E-state index contributed by atoms with van der Waals surface area (Å²) in [6.07, 6.45) is 40.2. The van der Waals surface area contributed by atoms with Gasteiger partial charge in [0.25, 0.3) is 0 Å². The first-order valence-corrected chi connectivity index (χ1v) is 18.2. The van der Waals surface area contributed by atoms with Gasteiger partial charge in [-0.15, -0.1) is 0 Å². The number of hydrogen-bond donors (Lipinski definition) is 2. The van der Waals surface area contributed by atoms with Crippen LogP contribution in [0.3, 0.4) is 0 Å². The van der Waals surface area contributed by atoms with Crippen molar-refractivity contribution in [1.29, 1.82) is 0 Å². The van der Waals surface area contributed by atoms with E-state index in [0.717, 1.165) is 19.3 Å². The highest BCUT2D eigenvalue weighted by molar-refractivity contribution is 5.80. The van der Waals surface area contributed by atoms with E-state index < -0.39 is 6.10 Å². The van der Waals surface area contributed by atoms with Crippen molar-refractivity contribution in [1.82, 2.24) is 5.32 Å². The van der Waals surface area contributed by atoms with Gasteiger partial charge in [-0.2, -0.15) is 0 Å². The summed E-state index contributed by atoms with van der Waals surface area (Å²) >= 11 is 0. The van der Waals surface area contributed by atoms with Crippen molar-refractivity contribution < 1.29 is 9.90 Å². The van der Waals surface area contributed by atoms with Crippen LogP contribution in [0.15, 0.2) is 0 Å². The van der Waals surface area contributed by atoms with Crippen LogP contribution >= 0.6 is 0 Å². The van der Waals surface area contributed by atoms with Crippen LogP contribution < -0.4 is 5.32 Å². The van der Waals surface area contributed by atoms with Crippen molar-refractivity contribution in [3.63, 3.8) is 0 Å². The summed E-state index contributed by atoms with van der Waals surface area (Å²) in [5.41, 5.74) is 0. The van der Waals surface area contributed by atoms with Crippen molar-refractivity contribution in [3.8, 4) is 0 Å². The van der Waals surface area contributed by atoms with Gasteiger partial charge in [0, 0.05) is 6.54 Å². The summed E-state index contributed by atoms with van der Waals surface area (Å²) < 4.78 is 0. The zero-order valence-corrected chi connectivity index (χ0v) is 27.1. The summed E-state index contributed by atoms with van der Waals surface area (Å²) in [6, 6.07) is 0. The Morgan fingerprint density at radius 2 is 0.692 bits per heavy atom. The smallest absolute Gasteiger partial charge is 0.248 e.